The summed E-state index contributed by atoms with van der Waals surface area (Å²) in [6, 6.07) is 4.13. The fourth-order valence-electron chi connectivity index (χ4n) is 2.50. The fourth-order valence-corrected chi connectivity index (χ4v) is 2.50. The second-order valence-corrected chi connectivity index (χ2v) is 4.90. The van der Waals surface area contributed by atoms with Gasteiger partial charge in [0.2, 0.25) is 0 Å². The van der Waals surface area contributed by atoms with Gasteiger partial charge in [-0.15, -0.1) is 0 Å². The van der Waals surface area contributed by atoms with Gasteiger partial charge in [-0.2, -0.15) is 0 Å². The number of hydrogen-bond donors (Lipinski definition) is 0. The molecule has 0 atom stereocenters. The predicted molar refractivity (Wildman–Crippen MR) is 76.5 cm³/mol. The molecule has 1 aromatic rings. The third kappa shape index (κ3) is 2.39. The quantitative estimate of drug-likeness (QED) is 0.728. The van der Waals surface area contributed by atoms with Crippen LogP contribution in [0.25, 0.3) is 11.5 Å². The molecular weight excluding hydrogens is 250 g/mol. The maximum absolute atomic E-state index is 4.50. The van der Waals surface area contributed by atoms with Crippen LogP contribution in [0.2, 0.25) is 0 Å². The monoisotopic (exact) mass is 267 g/mol. The molecule has 0 radical (unpaired) electrons. The minimum absolute atomic E-state index is 0.741. The minimum atomic E-state index is 0.741. The summed E-state index contributed by atoms with van der Waals surface area (Å²) in [5.41, 5.74) is 3.36. The Kier molecular flexibility index (Phi) is 3.41. The molecular formula is C15H17N5. The van der Waals surface area contributed by atoms with Gasteiger partial charge in [-0.3, -0.25) is 4.98 Å². The predicted octanol–water partition coefficient (Wildman–Crippen LogP) is 2.42. The number of aromatic nitrogens is 5. The van der Waals surface area contributed by atoms with Crippen LogP contribution in [0.1, 0.15) is 23.5 Å². The van der Waals surface area contributed by atoms with Crippen molar-refractivity contribution in [3.05, 3.63) is 47.9 Å². The van der Waals surface area contributed by atoms with Crippen molar-refractivity contribution in [2.24, 2.45) is 0 Å². The Morgan fingerprint density at radius 3 is 2.70 bits per heavy atom. The summed E-state index contributed by atoms with van der Waals surface area (Å²) in [6.45, 7) is 5.04. The van der Waals surface area contributed by atoms with Crippen LogP contribution in [-0.2, 0) is 13.0 Å². The van der Waals surface area contributed by atoms with Crippen LogP contribution in [0.4, 0.5) is 0 Å². The molecule has 102 valence electrons. The number of fused-ring (bicyclic) bond motifs is 1. The van der Waals surface area contributed by atoms with Crippen LogP contribution in [0, 0.1) is 13.8 Å². The van der Waals surface area contributed by atoms with Gasteiger partial charge in [-0.25, -0.2) is 15.0 Å². The third-order valence-electron chi connectivity index (χ3n) is 3.58. The van der Waals surface area contributed by atoms with E-state index in [-0.39, 0.29) is 0 Å². The smallest absolute Gasteiger partial charge is 0.183 e. The topological polar surface area (TPSA) is 56.5 Å². The number of rotatable bonds is 4. The first-order valence-corrected chi connectivity index (χ1v) is 6.79. The van der Waals surface area contributed by atoms with Gasteiger partial charge in [-0.1, -0.05) is 0 Å². The number of hydrogen-bond acceptors (Lipinski definition) is 4. The largest absolute Gasteiger partial charge is 0.332 e. The lowest BCUT2D eigenvalue weighted by Crippen LogP contribution is -2.13. The number of pyridine rings is 1. The van der Waals surface area contributed by atoms with Crippen molar-refractivity contribution in [3.8, 4) is 11.5 Å². The lowest BCUT2D eigenvalue weighted by Gasteiger charge is -2.16. The molecule has 5 heteroatoms. The highest BCUT2D eigenvalue weighted by atomic mass is 15.1. The molecule has 3 heterocycles. The first-order valence-electron chi connectivity index (χ1n) is 6.79. The summed E-state index contributed by atoms with van der Waals surface area (Å²) >= 11 is 0. The van der Waals surface area contributed by atoms with E-state index in [1.807, 2.05) is 19.3 Å². The van der Waals surface area contributed by atoms with Gasteiger partial charge in [0.05, 0.1) is 0 Å². The van der Waals surface area contributed by atoms with Crippen LogP contribution in [0.5, 0.6) is 0 Å². The first-order chi connectivity index (χ1) is 9.75. The molecule has 0 fully saturated rings. The molecule has 0 saturated heterocycles. The normalized spacial score (nSPS) is 11.1. The van der Waals surface area contributed by atoms with Crippen LogP contribution >= 0.6 is 0 Å². The summed E-state index contributed by atoms with van der Waals surface area (Å²) < 4.78 is 2.22. The average Bonchev–Trinajstić information content (AvgIpc) is 2.92. The maximum Gasteiger partial charge on any atom is 0.183 e. The van der Waals surface area contributed by atoms with Gasteiger partial charge in [0.1, 0.15) is 17.8 Å². The van der Waals surface area contributed by atoms with E-state index in [0.29, 0.717) is 0 Å². The Morgan fingerprint density at radius 1 is 1.10 bits per heavy atom. The molecule has 0 N–H and O–H groups in total. The highest BCUT2D eigenvalue weighted by Gasteiger charge is 2.15. The van der Waals surface area contributed by atoms with Gasteiger partial charge in [0, 0.05) is 24.6 Å². The molecule has 2 aliphatic heterocycles. The molecule has 0 saturated carbocycles. The molecule has 20 heavy (non-hydrogen) atoms. The summed E-state index contributed by atoms with van der Waals surface area (Å²) in [5, 5.41) is 0. The lowest BCUT2D eigenvalue weighted by molar-refractivity contribution is 0.593. The minimum Gasteiger partial charge on any atom is -0.332 e. The van der Waals surface area contributed by atoms with Gasteiger partial charge < -0.3 is 4.57 Å². The van der Waals surface area contributed by atoms with Gasteiger partial charge in [0.25, 0.3) is 0 Å². The molecule has 0 bridgehead atoms. The van der Waals surface area contributed by atoms with E-state index >= 15 is 0 Å². The zero-order chi connectivity index (χ0) is 13.9. The Morgan fingerprint density at radius 2 is 1.90 bits per heavy atom. The fraction of sp³-hybridized carbons (Fsp3) is 0.333. The molecule has 0 aliphatic carbocycles. The van der Waals surface area contributed by atoms with E-state index in [4.69, 9.17) is 0 Å². The van der Waals surface area contributed by atoms with E-state index < -0.39 is 0 Å². The van der Waals surface area contributed by atoms with Crippen LogP contribution in [-0.4, -0.2) is 24.5 Å². The van der Waals surface area contributed by atoms with Crippen LogP contribution < -0.4 is 0 Å². The summed E-state index contributed by atoms with van der Waals surface area (Å²) in [5.74, 6) is 1.73. The Labute approximate surface area is 118 Å². The number of imidazole rings is 1. The Hall–Kier alpha value is -2.30. The van der Waals surface area contributed by atoms with Crippen LogP contribution in [0.3, 0.4) is 0 Å². The average molecular weight is 267 g/mol. The molecule has 0 amide bonds. The summed E-state index contributed by atoms with van der Waals surface area (Å²) in [7, 11) is 0. The van der Waals surface area contributed by atoms with Gasteiger partial charge in [-0.05, 0) is 44.4 Å². The van der Waals surface area contributed by atoms with Gasteiger partial charge in [0.15, 0.2) is 5.82 Å². The van der Waals surface area contributed by atoms with Crippen LogP contribution in [0.15, 0.2) is 30.9 Å². The number of aryl methyl sites for hydroxylation is 2. The second kappa shape index (κ2) is 5.36. The van der Waals surface area contributed by atoms with Gasteiger partial charge >= 0.3 is 0 Å². The van der Waals surface area contributed by atoms with Crippen molar-refractivity contribution < 1.29 is 0 Å². The van der Waals surface area contributed by atoms with E-state index in [9.17, 15) is 0 Å². The molecule has 0 unspecified atom stereocenters. The molecule has 3 rings (SSSR count). The standard InChI is InChI=1S/C15H17N5/c1-11-14-15(18-10-17-14)19-12(2)20(11)9-3-4-13-5-7-16-8-6-13/h5-8,10H,3-4,9H2,1-2H3. The van der Waals surface area contributed by atoms with Crippen molar-refractivity contribution in [1.82, 2.24) is 24.5 Å². The maximum atomic E-state index is 4.50. The highest BCUT2D eigenvalue weighted by Crippen LogP contribution is 2.20. The molecule has 2 aliphatic rings. The van der Waals surface area contributed by atoms with Crippen molar-refractivity contribution in [1.29, 1.82) is 0 Å². The zero-order valence-electron chi connectivity index (χ0n) is 11.7. The molecule has 1 aromatic heterocycles. The Bertz CT molecular complexity index is 674. The van der Waals surface area contributed by atoms with E-state index in [0.717, 1.165) is 42.4 Å². The van der Waals surface area contributed by atoms with Crippen molar-refractivity contribution >= 4 is 0 Å². The third-order valence-corrected chi connectivity index (χ3v) is 3.58. The van der Waals surface area contributed by atoms with E-state index in [2.05, 4.69) is 43.6 Å². The van der Waals surface area contributed by atoms with Crippen molar-refractivity contribution in [2.45, 2.75) is 33.2 Å². The lowest BCUT2D eigenvalue weighted by atomic mass is 10.1. The summed E-state index contributed by atoms with van der Waals surface area (Å²) in [6.07, 6.45) is 7.36. The molecule has 5 nitrogen and oxygen atoms in total. The first kappa shape index (κ1) is 12.7. The zero-order valence-corrected chi connectivity index (χ0v) is 11.7. The van der Waals surface area contributed by atoms with E-state index in [1.165, 1.54) is 5.56 Å². The van der Waals surface area contributed by atoms with E-state index in [1.54, 1.807) is 6.33 Å². The number of nitrogens with zero attached hydrogens (tertiary/aromatic N) is 5. The van der Waals surface area contributed by atoms with Crippen molar-refractivity contribution in [3.63, 3.8) is 0 Å². The van der Waals surface area contributed by atoms with Crippen molar-refractivity contribution in [2.75, 3.05) is 0 Å². The molecule has 0 spiro atoms. The Balaban J connectivity index is 1.76. The molecule has 0 aromatic carbocycles. The summed E-state index contributed by atoms with van der Waals surface area (Å²) in [4.78, 5) is 17.0. The second-order valence-electron chi connectivity index (χ2n) is 4.90. The highest BCUT2D eigenvalue weighted by molar-refractivity contribution is 5.53. The SMILES string of the molecule is Cc1nc2ncnc-2c(C)n1CCCc1ccncc1.